The van der Waals surface area contributed by atoms with Gasteiger partial charge in [-0.1, -0.05) is 23.2 Å². The van der Waals surface area contributed by atoms with Crippen LogP contribution in [0.5, 0.6) is 5.75 Å². The lowest BCUT2D eigenvalue weighted by molar-refractivity contribution is 0.204. The zero-order valence-electron chi connectivity index (χ0n) is 17.4. The first-order valence-electron chi connectivity index (χ1n) is 10.0. The van der Waals surface area contributed by atoms with Gasteiger partial charge < -0.3 is 20.5 Å². The average molecular weight is 491 g/mol. The highest BCUT2D eigenvalue weighted by Crippen LogP contribution is 2.33. The summed E-state index contributed by atoms with van der Waals surface area (Å²) in [4.78, 5) is 10.3. The minimum absolute atomic E-state index is 0.0109. The van der Waals surface area contributed by atoms with Crippen molar-refractivity contribution in [1.82, 2.24) is 9.97 Å². The van der Waals surface area contributed by atoms with Crippen LogP contribution in [0.4, 0.5) is 15.9 Å². The number of nitrogen functional groups attached to an aromatic ring is 1. The van der Waals surface area contributed by atoms with Crippen molar-refractivity contribution < 1.29 is 14.2 Å². The van der Waals surface area contributed by atoms with Crippen molar-refractivity contribution in [3.63, 3.8) is 0 Å². The molecule has 1 fully saturated rings. The van der Waals surface area contributed by atoms with Gasteiger partial charge in [0.25, 0.3) is 0 Å². The van der Waals surface area contributed by atoms with Crippen molar-refractivity contribution in [2.75, 3.05) is 23.7 Å². The van der Waals surface area contributed by atoms with Gasteiger partial charge in [-0.05, 0) is 18.6 Å². The molecule has 1 atom stereocenters. The third-order valence-electron chi connectivity index (χ3n) is 5.36. The summed E-state index contributed by atoms with van der Waals surface area (Å²) < 4.78 is 20.2. The second kappa shape index (κ2) is 9.48. The Balaban J connectivity index is 1.65. The van der Waals surface area contributed by atoms with Crippen LogP contribution in [0.3, 0.4) is 0 Å². The average Bonchev–Trinajstić information content (AvgIpc) is 2.74. The number of aromatic nitrogens is 2. The number of aliphatic hydroxyl groups excluding tert-OH is 1. The predicted octanol–water partition coefficient (Wildman–Crippen LogP) is 3.66. The first kappa shape index (κ1) is 23.2. The second-order valence-electron chi connectivity index (χ2n) is 7.51. The van der Waals surface area contributed by atoms with Gasteiger partial charge in [-0.3, -0.25) is 16.1 Å². The molecule has 33 heavy (non-hydrogen) atoms. The highest BCUT2D eigenvalue weighted by atomic mass is 35.5. The lowest BCUT2D eigenvalue weighted by atomic mass is 10.00. The Morgan fingerprint density at radius 2 is 1.91 bits per heavy atom. The number of nitrogens with one attached hydrogen (secondary N) is 1. The molecular formula is C22H21Cl2FN6O2. The largest absolute Gasteiger partial charge is 0.468 e. The number of nitrogens with zero attached hydrogens (tertiary/aromatic N) is 3. The van der Waals surface area contributed by atoms with Crippen molar-refractivity contribution in [2.24, 2.45) is 5.73 Å². The van der Waals surface area contributed by atoms with Crippen LogP contribution in [0.2, 0.25) is 10.0 Å². The number of benzene rings is 1. The maximum Gasteiger partial charge on any atom is 0.177 e. The van der Waals surface area contributed by atoms with Crippen LogP contribution in [0.1, 0.15) is 34.9 Å². The zero-order chi connectivity index (χ0) is 23.7. The topological polar surface area (TPSA) is 134 Å². The lowest BCUT2D eigenvalue weighted by Crippen LogP contribution is -2.38. The SMILES string of the molecule is N=C(c1cnc(N2CCC2)c(CO)c1)c1cc(O[C@H](N)c2c(Cl)cncc2Cl)c(F)cc1N. The molecule has 8 nitrogen and oxygen atoms in total. The number of hydrogen-bond donors (Lipinski definition) is 4. The number of aliphatic hydroxyl groups is 1. The summed E-state index contributed by atoms with van der Waals surface area (Å²) in [5.74, 6) is -0.301. The Bertz CT molecular complexity index is 1200. The van der Waals surface area contributed by atoms with E-state index in [0.29, 0.717) is 16.9 Å². The molecule has 1 aliphatic rings. The van der Waals surface area contributed by atoms with E-state index in [-0.39, 0.29) is 44.9 Å². The van der Waals surface area contributed by atoms with Gasteiger partial charge in [-0.15, -0.1) is 0 Å². The van der Waals surface area contributed by atoms with E-state index in [1.54, 1.807) is 6.07 Å². The minimum atomic E-state index is -1.19. The van der Waals surface area contributed by atoms with Crippen molar-refractivity contribution in [2.45, 2.75) is 19.3 Å². The first-order chi connectivity index (χ1) is 15.8. The van der Waals surface area contributed by atoms with Crippen LogP contribution >= 0.6 is 23.2 Å². The molecule has 3 heterocycles. The molecule has 0 saturated carbocycles. The zero-order valence-corrected chi connectivity index (χ0v) is 18.9. The minimum Gasteiger partial charge on any atom is -0.468 e. The molecule has 2 aromatic heterocycles. The van der Waals surface area contributed by atoms with Crippen molar-refractivity contribution in [3.05, 3.63) is 74.9 Å². The van der Waals surface area contributed by atoms with Gasteiger partial charge in [0, 0.05) is 65.7 Å². The van der Waals surface area contributed by atoms with Crippen LogP contribution in [-0.2, 0) is 6.61 Å². The number of ether oxygens (including phenoxy) is 1. The summed E-state index contributed by atoms with van der Waals surface area (Å²) in [5, 5.41) is 18.7. The fourth-order valence-corrected chi connectivity index (χ4v) is 4.07. The Labute approximate surface area is 199 Å². The Morgan fingerprint density at radius 1 is 1.21 bits per heavy atom. The summed E-state index contributed by atoms with van der Waals surface area (Å²) in [7, 11) is 0. The molecule has 4 rings (SSSR count). The van der Waals surface area contributed by atoms with E-state index in [4.69, 9.17) is 44.8 Å². The first-order valence-corrected chi connectivity index (χ1v) is 10.8. The molecule has 1 aliphatic heterocycles. The summed E-state index contributed by atoms with van der Waals surface area (Å²) in [6.07, 6.45) is 4.11. The number of hydrogen-bond acceptors (Lipinski definition) is 8. The van der Waals surface area contributed by atoms with Gasteiger partial charge >= 0.3 is 0 Å². The summed E-state index contributed by atoms with van der Waals surface area (Å²) in [6, 6.07) is 4.02. The van der Waals surface area contributed by atoms with Crippen LogP contribution in [0.15, 0.2) is 36.8 Å². The Kier molecular flexibility index (Phi) is 6.66. The monoisotopic (exact) mass is 490 g/mol. The third-order valence-corrected chi connectivity index (χ3v) is 5.96. The summed E-state index contributed by atoms with van der Waals surface area (Å²) >= 11 is 12.2. The van der Waals surface area contributed by atoms with Gasteiger partial charge in [0.05, 0.1) is 22.4 Å². The maximum absolute atomic E-state index is 14.6. The quantitative estimate of drug-likeness (QED) is 0.225. The standard InChI is InChI=1S/C22H21Cl2FN6O2/c23-14-8-29-9-15(24)19(14)21(28)33-18-5-13(17(26)6-16(18)25)20(27)11-4-12(10-32)22(30-7-11)31-2-1-3-31/h4-9,21,27,32H,1-3,10,26,28H2/t21-/m0/s1. The molecule has 1 aromatic carbocycles. The Hall–Kier alpha value is -2.98. The van der Waals surface area contributed by atoms with Gasteiger partial charge in [0.2, 0.25) is 0 Å². The number of pyridine rings is 2. The molecule has 0 unspecified atom stereocenters. The molecule has 0 aliphatic carbocycles. The predicted molar refractivity (Wildman–Crippen MR) is 126 cm³/mol. The van der Waals surface area contributed by atoms with Gasteiger partial charge in [-0.2, -0.15) is 0 Å². The molecule has 0 bridgehead atoms. The second-order valence-corrected chi connectivity index (χ2v) is 8.32. The van der Waals surface area contributed by atoms with Crippen molar-refractivity contribution in [1.29, 1.82) is 5.41 Å². The van der Waals surface area contributed by atoms with E-state index in [0.717, 1.165) is 25.6 Å². The molecule has 11 heteroatoms. The van der Waals surface area contributed by atoms with Crippen LogP contribution < -0.4 is 21.1 Å². The molecule has 3 aromatic rings. The van der Waals surface area contributed by atoms with Gasteiger partial charge in [0.1, 0.15) is 5.82 Å². The van der Waals surface area contributed by atoms with Crippen molar-refractivity contribution in [3.8, 4) is 5.75 Å². The summed E-state index contributed by atoms with van der Waals surface area (Å²) in [6.45, 7) is 1.51. The van der Waals surface area contributed by atoms with Crippen LogP contribution in [0, 0.1) is 11.2 Å². The maximum atomic E-state index is 14.6. The van der Waals surface area contributed by atoms with E-state index in [1.807, 2.05) is 4.90 Å². The van der Waals surface area contributed by atoms with E-state index in [1.165, 1.54) is 24.7 Å². The Morgan fingerprint density at radius 3 is 2.52 bits per heavy atom. The fraction of sp³-hybridized carbons (Fsp3) is 0.227. The van der Waals surface area contributed by atoms with E-state index in [2.05, 4.69) is 9.97 Å². The lowest BCUT2D eigenvalue weighted by Gasteiger charge is -2.33. The highest BCUT2D eigenvalue weighted by Gasteiger charge is 2.22. The van der Waals surface area contributed by atoms with E-state index in [9.17, 15) is 9.50 Å². The number of anilines is 2. The molecule has 6 N–H and O–H groups in total. The van der Waals surface area contributed by atoms with Crippen LogP contribution in [0.25, 0.3) is 0 Å². The normalized spacial score (nSPS) is 14.0. The molecular weight excluding hydrogens is 470 g/mol. The third kappa shape index (κ3) is 4.58. The number of nitrogens with two attached hydrogens (primary N) is 2. The van der Waals surface area contributed by atoms with Gasteiger partial charge in [-0.25, -0.2) is 9.37 Å². The van der Waals surface area contributed by atoms with Gasteiger partial charge in [0.15, 0.2) is 17.8 Å². The van der Waals surface area contributed by atoms with Crippen molar-refractivity contribution >= 4 is 40.4 Å². The molecule has 0 spiro atoms. The number of halogens is 3. The smallest absolute Gasteiger partial charge is 0.177 e. The highest BCUT2D eigenvalue weighted by molar-refractivity contribution is 6.35. The van der Waals surface area contributed by atoms with Crippen LogP contribution in [-0.4, -0.2) is 33.9 Å². The summed E-state index contributed by atoms with van der Waals surface area (Å²) in [5.41, 5.74) is 13.6. The molecule has 0 radical (unpaired) electrons. The fourth-order valence-electron chi connectivity index (χ4n) is 3.49. The van der Waals surface area contributed by atoms with E-state index < -0.39 is 12.0 Å². The molecule has 1 saturated heterocycles. The van der Waals surface area contributed by atoms with E-state index >= 15 is 0 Å². The number of rotatable bonds is 7. The molecule has 172 valence electrons. The molecule has 0 amide bonds.